The van der Waals surface area contributed by atoms with Crippen LogP contribution in [0.3, 0.4) is 0 Å². The van der Waals surface area contributed by atoms with Gasteiger partial charge in [0.1, 0.15) is 11.7 Å². The van der Waals surface area contributed by atoms with Gasteiger partial charge >= 0.3 is 5.97 Å². The summed E-state index contributed by atoms with van der Waals surface area (Å²) in [6.45, 7) is 1.98. The molecule has 3 rings (SSSR count). The van der Waals surface area contributed by atoms with Crippen LogP contribution in [0.2, 0.25) is 5.02 Å². The maximum absolute atomic E-state index is 12.7. The van der Waals surface area contributed by atoms with Gasteiger partial charge in [0.05, 0.1) is 11.6 Å². The molecule has 6 heteroatoms. The van der Waals surface area contributed by atoms with E-state index in [-0.39, 0.29) is 18.3 Å². The number of carbonyl (C=O) groups is 2. The van der Waals surface area contributed by atoms with Crippen molar-refractivity contribution in [1.82, 2.24) is 4.98 Å². The lowest BCUT2D eigenvalue weighted by Crippen LogP contribution is -2.35. The number of ether oxygens (including phenoxy) is 1. The molecule has 1 heterocycles. The van der Waals surface area contributed by atoms with Gasteiger partial charge in [0, 0.05) is 23.9 Å². The van der Waals surface area contributed by atoms with Crippen LogP contribution in [0.15, 0.2) is 60.4 Å². The zero-order chi connectivity index (χ0) is 18.5. The average Bonchev–Trinajstić information content (AvgIpc) is 2.64. The molecule has 1 aliphatic carbocycles. The van der Waals surface area contributed by atoms with Crippen molar-refractivity contribution < 1.29 is 14.3 Å². The number of allylic oxidation sites excluding steroid dienone is 2. The molecule has 0 radical (unpaired) electrons. The van der Waals surface area contributed by atoms with Crippen molar-refractivity contribution in [3.05, 3.63) is 71.0 Å². The van der Waals surface area contributed by atoms with Crippen LogP contribution in [0, 0.1) is 5.92 Å². The second-order valence-electron chi connectivity index (χ2n) is 6.01. The van der Waals surface area contributed by atoms with E-state index < -0.39 is 11.9 Å². The summed E-state index contributed by atoms with van der Waals surface area (Å²) in [4.78, 5) is 29.3. The van der Waals surface area contributed by atoms with E-state index >= 15 is 0 Å². The molecule has 2 atom stereocenters. The molecule has 0 amide bonds. The average molecular weight is 371 g/mol. The maximum atomic E-state index is 12.7. The fourth-order valence-corrected chi connectivity index (χ4v) is 3.21. The first kappa shape index (κ1) is 18.1. The summed E-state index contributed by atoms with van der Waals surface area (Å²) in [5.41, 5.74) is 1.63. The molecule has 0 fully saturated rings. The third-order valence-corrected chi connectivity index (χ3v) is 4.47. The van der Waals surface area contributed by atoms with E-state index in [1.165, 1.54) is 12.3 Å². The standard InChI is InChI=1S/C20H19ClN2O3/c1-2-26-20(25)19-16(13-6-4-3-5-7-13)10-15(11-17(19)24)23-18-9-8-14(21)12-22-18/h3-9,11-12,16,19H,2,10H2,1H3,(H,22,23). The van der Waals surface area contributed by atoms with E-state index in [2.05, 4.69) is 10.3 Å². The first-order chi connectivity index (χ1) is 12.6. The molecule has 2 aromatic rings. The number of pyridine rings is 1. The fourth-order valence-electron chi connectivity index (χ4n) is 3.10. The quantitative estimate of drug-likeness (QED) is 0.637. The van der Waals surface area contributed by atoms with E-state index in [0.717, 1.165) is 5.56 Å². The second kappa shape index (κ2) is 8.15. The van der Waals surface area contributed by atoms with E-state index in [9.17, 15) is 9.59 Å². The van der Waals surface area contributed by atoms with E-state index in [1.54, 1.807) is 19.1 Å². The van der Waals surface area contributed by atoms with Gasteiger partial charge in [-0.15, -0.1) is 0 Å². The Bertz CT molecular complexity index is 819. The van der Waals surface area contributed by atoms with Crippen molar-refractivity contribution in [2.24, 2.45) is 5.92 Å². The number of ketones is 1. The molecule has 26 heavy (non-hydrogen) atoms. The Labute approximate surface area is 157 Å². The van der Waals surface area contributed by atoms with Crippen molar-refractivity contribution in [2.45, 2.75) is 19.3 Å². The largest absolute Gasteiger partial charge is 0.465 e. The highest BCUT2D eigenvalue weighted by atomic mass is 35.5. The van der Waals surface area contributed by atoms with Crippen LogP contribution in [0.4, 0.5) is 5.82 Å². The van der Waals surface area contributed by atoms with E-state index in [1.807, 2.05) is 30.3 Å². The molecule has 2 unspecified atom stereocenters. The molecule has 1 aliphatic rings. The monoisotopic (exact) mass is 370 g/mol. The van der Waals surface area contributed by atoms with Crippen LogP contribution in [0.25, 0.3) is 0 Å². The maximum Gasteiger partial charge on any atom is 0.317 e. The van der Waals surface area contributed by atoms with Crippen molar-refractivity contribution in [2.75, 3.05) is 11.9 Å². The van der Waals surface area contributed by atoms with Gasteiger partial charge in [-0.1, -0.05) is 41.9 Å². The minimum atomic E-state index is -0.832. The number of anilines is 1. The van der Waals surface area contributed by atoms with Gasteiger partial charge in [0.15, 0.2) is 5.78 Å². The highest BCUT2D eigenvalue weighted by Gasteiger charge is 2.39. The Morgan fingerprint density at radius 2 is 2.04 bits per heavy atom. The lowest BCUT2D eigenvalue weighted by molar-refractivity contribution is -0.151. The van der Waals surface area contributed by atoms with Crippen LogP contribution in [-0.4, -0.2) is 23.3 Å². The topological polar surface area (TPSA) is 68.3 Å². The highest BCUT2D eigenvalue weighted by Crippen LogP contribution is 2.37. The molecular weight excluding hydrogens is 352 g/mol. The number of benzene rings is 1. The zero-order valence-corrected chi connectivity index (χ0v) is 15.1. The third-order valence-electron chi connectivity index (χ3n) is 4.25. The normalized spacial score (nSPS) is 19.6. The zero-order valence-electron chi connectivity index (χ0n) is 14.3. The summed E-state index contributed by atoms with van der Waals surface area (Å²) < 4.78 is 5.13. The summed E-state index contributed by atoms with van der Waals surface area (Å²) in [6, 6.07) is 13.0. The summed E-state index contributed by atoms with van der Waals surface area (Å²) in [5.74, 6) is -1.27. The predicted molar refractivity (Wildman–Crippen MR) is 99.9 cm³/mol. The number of halogens is 1. The van der Waals surface area contributed by atoms with Crippen LogP contribution in [-0.2, 0) is 14.3 Å². The number of aromatic nitrogens is 1. The van der Waals surface area contributed by atoms with Crippen molar-refractivity contribution in [3.63, 3.8) is 0 Å². The number of hydrogen-bond donors (Lipinski definition) is 1. The van der Waals surface area contributed by atoms with Gasteiger partial charge in [-0.2, -0.15) is 0 Å². The van der Waals surface area contributed by atoms with Crippen molar-refractivity contribution in [3.8, 4) is 0 Å². The summed E-state index contributed by atoms with van der Waals surface area (Å²) in [5, 5.41) is 3.68. The molecule has 134 valence electrons. The van der Waals surface area contributed by atoms with Gasteiger partial charge in [-0.3, -0.25) is 9.59 Å². The van der Waals surface area contributed by atoms with Crippen LogP contribution in [0.5, 0.6) is 0 Å². The minimum Gasteiger partial charge on any atom is -0.465 e. The molecule has 0 spiro atoms. The van der Waals surface area contributed by atoms with Crippen LogP contribution >= 0.6 is 11.6 Å². The Kier molecular flexibility index (Phi) is 5.68. The first-order valence-corrected chi connectivity index (χ1v) is 8.81. The van der Waals surface area contributed by atoms with E-state index in [0.29, 0.717) is 23.0 Å². The third kappa shape index (κ3) is 4.11. The molecule has 0 saturated heterocycles. The lowest BCUT2D eigenvalue weighted by atomic mass is 9.76. The molecule has 1 aromatic carbocycles. The fraction of sp³-hybridized carbons (Fsp3) is 0.250. The Morgan fingerprint density at radius 1 is 1.27 bits per heavy atom. The second-order valence-corrected chi connectivity index (χ2v) is 6.45. The van der Waals surface area contributed by atoms with Crippen LogP contribution < -0.4 is 5.32 Å². The van der Waals surface area contributed by atoms with Crippen molar-refractivity contribution >= 4 is 29.2 Å². The highest BCUT2D eigenvalue weighted by molar-refractivity contribution is 6.30. The number of rotatable bonds is 5. The molecule has 0 bridgehead atoms. The van der Waals surface area contributed by atoms with Gasteiger partial charge in [-0.25, -0.2) is 4.98 Å². The first-order valence-electron chi connectivity index (χ1n) is 8.43. The smallest absolute Gasteiger partial charge is 0.317 e. The molecule has 1 N–H and O–H groups in total. The molecule has 1 aromatic heterocycles. The predicted octanol–water partition coefficient (Wildman–Crippen LogP) is 3.97. The SMILES string of the molecule is CCOC(=O)C1C(=O)C=C(Nc2ccc(Cl)cn2)CC1c1ccccc1. The van der Waals surface area contributed by atoms with Crippen LogP contribution in [0.1, 0.15) is 24.8 Å². The molecule has 0 aliphatic heterocycles. The Hall–Kier alpha value is -2.66. The molecule has 0 saturated carbocycles. The number of carbonyl (C=O) groups excluding carboxylic acids is 2. The Balaban J connectivity index is 1.89. The van der Waals surface area contributed by atoms with Gasteiger partial charge in [0.25, 0.3) is 0 Å². The number of hydrogen-bond acceptors (Lipinski definition) is 5. The number of nitrogens with zero attached hydrogens (tertiary/aromatic N) is 1. The summed E-state index contributed by atoms with van der Waals surface area (Å²) >= 11 is 5.85. The summed E-state index contributed by atoms with van der Waals surface area (Å²) in [7, 11) is 0. The van der Waals surface area contributed by atoms with Crippen molar-refractivity contribution in [1.29, 1.82) is 0 Å². The minimum absolute atomic E-state index is 0.244. The van der Waals surface area contributed by atoms with Gasteiger partial charge in [0.2, 0.25) is 0 Å². The lowest BCUT2D eigenvalue weighted by Gasteiger charge is -2.29. The number of esters is 1. The van der Waals surface area contributed by atoms with E-state index in [4.69, 9.17) is 16.3 Å². The number of nitrogens with one attached hydrogen (secondary N) is 1. The summed E-state index contributed by atoms with van der Waals surface area (Å²) in [6.07, 6.45) is 3.51. The molecule has 5 nitrogen and oxygen atoms in total. The molecular formula is C20H19ClN2O3. The van der Waals surface area contributed by atoms with Gasteiger partial charge < -0.3 is 10.1 Å². The van der Waals surface area contributed by atoms with Gasteiger partial charge in [-0.05, 0) is 31.0 Å². The Morgan fingerprint density at radius 3 is 2.69 bits per heavy atom.